The molecule has 1 aromatic rings. The summed E-state index contributed by atoms with van der Waals surface area (Å²) in [5.74, 6) is -9.22. The van der Waals surface area contributed by atoms with Crippen LogP contribution in [0.25, 0.3) is 0 Å². The predicted molar refractivity (Wildman–Crippen MR) is 49.7 cm³/mol. The van der Waals surface area contributed by atoms with Crippen molar-refractivity contribution in [3.8, 4) is 5.75 Å². The second-order valence-electron chi connectivity index (χ2n) is 2.93. The van der Waals surface area contributed by atoms with Crippen LogP contribution in [-0.2, 0) is 4.79 Å². The first kappa shape index (κ1) is 18.7. The Labute approximate surface area is 166 Å². The molecule has 0 unspecified atom stereocenters. The largest absolute Gasteiger partial charge is 1.00 e. The van der Waals surface area contributed by atoms with E-state index >= 15 is 0 Å². The van der Waals surface area contributed by atoms with Gasteiger partial charge in [-0.2, -0.15) is 17.6 Å². The Morgan fingerprint density at radius 2 is 1.61 bits per heavy atom. The fraction of sp³-hybridized carbons (Fsp3) is 0.222. The van der Waals surface area contributed by atoms with E-state index in [-0.39, 0.29) is 68.9 Å². The van der Waals surface area contributed by atoms with Crippen molar-refractivity contribution in [2.75, 3.05) is 0 Å². The van der Waals surface area contributed by atoms with E-state index in [0.29, 0.717) is 4.47 Å². The van der Waals surface area contributed by atoms with E-state index in [4.69, 9.17) is 0 Å². The van der Waals surface area contributed by atoms with Gasteiger partial charge >= 0.3 is 80.9 Å². The number of alkyl halides is 4. The van der Waals surface area contributed by atoms with E-state index in [1.807, 2.05) is 0 Å². The van der Waals surface area contributed by atoms with Gasteiger partial charge in [-0.1, -0.05) is 15.9 Å². The number of carbonyl (C=O) groups is 1. The molecule has 0 amide bonds. The standard InChI is InChI=1S/C9H5BrF4O3.Cs/c10-5-1-3-6(4-2-5)17-9(13,14)8(11,12)7(15)16;/h1-4H,(H,15,16);/q;+1/p-1. The zero-order chi connectivity index (χ0) is 13.3. The van der Waals surface area contributed by atoms with Crippen LogP contribution in [0.2, 0.25) is 0 Å². The molecule has 1 aromatic carbocycles. The number of ether oxygens (including phenoxy) is 1. The fourth-order valence-corrected chi connectivity index (χ4v) is 1.10. The van der Waals surface area contributed by atoms with Crippen LogP contribution >= 0.6 is 15.9 Å². The van der Waals surface area contributed by atoms with Gasteiger partial charge in [0.15, 0.2) is 0 Å². The Kier molecular flexibility index (Phi) is 7.24. The van der Waals surface area contributed by atoms with Gasteiger partial charge in [-0.3, -0.25) is 0 Å². The second-order valence-corrected chi connectivity index (χ2v) is 3.85. The average Bonchev–Trinajstić information content (AvgIpc) is 2.20. The van der Waals surface area contributed by atoms with Gasteiger partial charge in [-0.05, 0) is 24.3 Å². The zero-order valence-corrected chi connectivity index (χ0v) is 16.8. The number of halogens is 5. The van der Waals surface area contributed by atoms with E-state index in [9.17, 15) is 27.5 Å². The SMILES string of the molecule is O=C([O-])C(F)(F)C(F)(F)Oc1ccc(Br)cc1.[Cs+]. The summed E-state index contributed by atoms with van der Waals surface area (Å²) in [6.45, 7) is 0. The maximum Gasteiger partial charge on any atom is 1.00 e. The molecule has 0 aromatic heterocycles. The summed E-state index contributed by atoms with van der Waals surface area (Å²) in [6.07, 6.45) is -5.19. The molecule has 0 aliphatic heterocycles. The van der Waals surface area contributed by atoms with Crippen LogP contribution in [-0.4, -0.2) is 18.0 Å². The Hall–Kier alpha value is 0.742. The van der Waals surface area contributed by atoms with Crippen molar-refractivity contribution < 1.29 is 101 Å². The summed E-state index contributed by atoms with van der Waals surface area (Å²) < 4.78 is 54.9. The molecule has 0 atom stereocenters. The molecule has 0 saturated heterocycles. The van der Waals surface area contributed by atoms with E-state index in [1.165, 1.54) is 12.1 Å². The van der Waals surface area contributed by atoms with Crippen molar-refractivity contribution >= 4 is 21.9 Å². The first-order valence-corrected chi connectivity index (χ1v) is 4.88. The van der Waals surface area contributed by atoms with E-state index < -0.39 is 23.7 Å². The van der Waals surface area contributed by atoms with Crippen molar-refractivity contribution in [1.82, 2.24) is 0 Å². The van der Waals surface area contributed by atoms with Crippen molar-refractivity contribution in [3.63, 3.8) is 0 Å². The number of hydrogen-bond acceptors (Lipinski definition) is 3. The Morgan fingerprint density at radius 3 is 2.00 bits per heavy atom. The van der Waals surface area contributed by atoms with Gasteiger partial charge in [0.25, 0.3) is 0 Å². The molecule has 0 aliphatic carbocycles. The summed E-state index contributed by atoms with van der Waals surface area (Å²) in [7, 11) is 0. The maximum atomic E-state index is 12.8. The maximum absolute atomic E-state index is 12.8. The Morgan fingerprint density at radius 1 is 1.17 bits per heavy atom. The third-order valence-electron chi connectivity index (χ3n) is 1.68. The molecule has 0 spiro atoms. The monoisotopic (exact) mass is 448 g/mol. The molecule has 0 N–H and O–H groups in total. The number of rotatable bonds is 4. The normalized spacial score (nSPS) is 11.6. The summed E-state index contributed by atoms with van der Waals surface area (Å²) in [4.78, 5) is 9.88. The molecule has 3 nitrogen and oxygen atoms in total. The molecular weight excluding hydrogens is 445 g/mol. The van der Waals surface area contributed by atoms with Crippen LogP contribution in [0.5, 0.6) is 5.75 Å². The summed E-state index contributed by atoms with van der Waals surface area (Å²) in [5.41, 5.74) is 0. The van der Waals surface area contributed by atoms with Crippen LogP contribution in [0, 0.1) is 0 Å². The van der Waals surface area contributed by atoms with Gasteiger partial charge < -0.3 is 14.6 Å². The summed E-state index contributed by atoms with van der Waals surface area (Å²) >= 11 is 2.99. The number of carboxylic acid groups (broad SMARTS) is 1. The molecule has 0 aliphatic rings. The molecule has 0 heterocycles. The number of carbonyl (C=O) groups excluding carboxylic acids is 1. The molecule has 1 rings (SSSR count). The van der Waals surface area contributed by atoms with Crippen LogP contribution in [0.4, 0.5) is 17.6 Å². The van der Waals surface area contributed by atoms with Gasteiger partial charge in [-0.15, -0.1) is 0 Å². The smallest absolute Gasteiger partial charge is 0.544 e. The topological polar surface area (TPSA) is 49.4 Å². The van der Waals surface area contributed by atoms with Crippen molar-refractivity contribution in [2.45, 2.75) is 12.0 Å². The molecule has 0 fully saturated rings. The number of hydrogen-bond donors (Lipinski definition) is 0. The van der Waals surface area contributed by atoms with Gasteiger partial charge in [0.1, 0.15) is 11.7 Å². The number of carboxylic acids is 1. The van der Waals surface area contributed by atoms with Crippen LogP contribution in [0.3, 0.4) is 0 Å². The minimum absolute atomic E-state index is 0. The fourth-order valence-electron chi connectivity index (χ4n) is 0.834. The van der Waals surface area contributed by atoms with Crippen LogP contribution < -0.4 is 78.7 Å². The third-order valence-corrected chi connectivity index (χ3v) is 2.21. The van der Waals surface area contributed by atoms with E-state index in [2.05, 4.69) is 20.7 Å². The number of benzene rings is 1. The average molecular weight is 449 g/mol. The van der Waals surface area contributed by atoms with Crippen molar-refractivity contribution in [2.24, 2.45) is 0 Å². The quantitative estimate of drug-likeness (QED) is 0.544. The summed E-state index contributed by atoms with van der Waals surface area (Å²) in [6, 6.07) is 4.48. The van der Waals surface area contributed by atoms with Gasteiger partial charge in [-0.25, -0.2) is 0 Å². The van der Waals surface area contributed by atoms with Crippen molar-refractivity contribution in [3.05, 3.63) is 28.7 Å². The Balaban J connectivity index is 0.00000289. The van der Waals surface area contributed by atoms with Gasteiger partial charge in [0, 0.05) is 4.47 Å². The minimum atomic E-state index is -5.42. The third kappa shape index (κ3) is 4.39. The molecular formula is C9H4BrCsF4O3. The molecule has 0 radical (unpaired) electrons. The molecule has 0 bridgehead atoms. The molecule has 9 heteroatoms. The van der Waals surface area contributed by atoms with Crippen LogP contribution in [0.1, 0.15) is 0 Å². The first-order chi connectivity index (χ1) is 7.67. The minimum Gasteiger partial charge on any atom is -0.544 e. The van der Waals surface area contributed by atoms with Crippen LogP contribution in [0.15, 0.2) is 28.7 Å². The second kappa shape index (κ2) is 6.95. The first-order valence-electron chi connectivity index (χ1n) is 4.08. The molecule has 18 heavy (non-hydrogen) atoms. The number of aliphatic carboxylic acids is 1. The van der Waals surface area contributed by atoms with Gasteiger partial charge in [0.05, 0.1) is 0 Å². The van der Waals surface area contributed by atoms with E-state index in [1.54, 1.807) is 0 Å². The summed E-state index contributed by atoms with van der Waals surface area (Å²) in [5, 5.41) is 9.88. The Bertz CT molecular complexity index is 424. The zero-order valence-electron chi connectivity index (χ0n) is 8.92. The molecule has 0 saturated carbocycles. The van der Waals surface area contributed by atoms with E-state index in [0.717, 1.165) is 12.1 Å². The van der Waals surface area contributed by atoms with Gasteiger partial charge in [0.2, 0.25) is 0 Å². The molecule has 94 valence electrons. The predicted octanol–water partition coefficient (Wildman–Crippen LogP) is -1.19. The van der Waals surface area contributed by atoms with Crippen molar-refractivity contribution in [1.29, 1.82) is 0 Å².